The lowest BCUT2D eigenvalue weighted by Crippen LogP contribution is -2.50. The summed E-state index contributed by atoms with van der Waals surface area (Å²) in [6, 6.07) is 12.1. The van der Waals surface area contributed by atoms with Crippen molar-refractivity contribution in [1.29, 1.82) is 0 Å². The molecule has 5 aliphatic rings. The Morgan fingerprint density at radius 3 is 1.53 bits per heavy atom. The molecule has 66 heavy (non-hydrogen) atoms. The van der Waals surface area contributed by atoms with E-state index in [-0.39, 0.29) is 29.5 Å². The van der Waals surface area contributed by atoms with Crippen LogP contribution in [0.5, 0.6) is 0 Å². The minimum absolute atomic E-state index is 0.140. The van der Waals surface area contributed by atoms with E-state index >= 15 is 0 Å². The monoisotopic (exact) mass is 979 g/mol. The van der Waals surface area contributed by atoms with Crippen molar-refractivity contribution in [2.45, 2.75) is 156 Å². The van der Waals surface area contributed by atoms with Crippen LogP contribution in [0.4, 0.5) is 11.4 Å². The normalized spacial score (nSPS) is 21.7. The summed E-state index contributed by atoms with van der Waals surface area (Å²) in [4.78, 5) is 17.4. The van der Waals surface area contributed by atoms with Gasteiger partial charge < -0.3 is 54.5 Å². The van der Waals surface area contributed by atoms with Crippen molar-refractivity contribution >= 4 is 60.2 Å². The molecule has 7 rings (SSSR count). The summed E-state index contributed by atoms with van der Waals surface area (Å²) < 4.78 is 30.3. The van der Waals surface area contributed by atoms with Crippen molar-refractivity contribution in [3.63, 3.8) is 0 Å². The van der Waals surface area contributed by atoms with E-state index in [9.17, 15) is 9.90 Å². The summed E-state index contributed by atoms with van der Waals surface area (Å²) >= 11 is 3.33. The number of Topliss-reactive ketones (excluding diaryl/α,β-unsaturated/α-hetero) is 1. The molecule has 0 aromatic heterocycles. The number of benzene rings is 2. The van der Waals surface area contributed by atoms with Gasteiger partial charge in [-0.25, -0.2) is 0 Å². The van der Waals surface area contributed by atoms with Gasteiger partial charge in [-0.15, -0.1) is 0 Å². The molecule has 3 saturated heterocycles. The molecule has 0 unspecified atom stereocenters. The molecule has 367 valence electrons. The zero-order valence-electron chi connectivity index (χ0n) is 43.7. The lowest BCUT2D eigenvalue weighted by Gasteiger charge is -2.37. The first-order valence-electron chi connectivity index (χ1n) is 23.5. The number of nitrogens with two attached hydrogens (primary N) is 2. The second kappa shape index (κ2) is 23.9. The van der Waals surface area contributed by atoms with Gasteiger partial charge in [-0.2, -0.15) is 0 Å². The molecule has 0 bridgehead atoms. The van der Waals surface area contributed by atoms with Crippen molar-refractivity contribution in [3.8, 4) is 0 Å². The van der Waals surface area contributed by atoms with Crippen LogP contribution in [0.25, 0.3) is 5.57 Å². The van der Waals surface area contributed by atoms with Gasteiger partial charge in [0.15, 0.2) is 0 Å². The van der Waals surface area contributed by atoms with Gasteiger partial charge in [0.2, 0.25) is 0 Å². The van der Waals surface area contributed by atoms with E-state index in [4.69, 9.17) is 34.7 Å². The third kappa shape index (κ3) is 17.8. The molecule has 3 fully saturated rings. The lowest BCUT2D eigenvalue weighted by atomic mass is 9.55. The molecule has 0 saturated carbocycles. The number of carbonyl (C=O) groups is 1. The molecule has 0 atom stereocenters. The predicted octanol–water partition coefficient (Wildman–Crippen LogP) is 8.56. The summed E-state index contributed by atoms with van der Waals surface area (Å²) in [5.41, 5.74) is 16.6. The van der Waals surface area contributed by atoms with E-state index in [0.717, 1.165) is 80.8 Å². The Balaban J connectivity index is 0.000000225. The summed E-state index contributed by atoms with van der Waals surface area (Å²) in [6.45, 7) is 33.7. The Kier molecular flexibility index (Phi) is 20.9. The van der Waals surface area contributed by atoms with Crippen LogP contribution in [0.2, 0.25) is 0 Å². The number of ketones is 1. The number of nitrogens with zero attached hydrogens (tertiary/aromatic N) is 3. The van der Waals surface area contributed by atoms with Gasteiger partial charge >= 0.3 is 21.5 Å². The first kappa shape index (κ1) is 57.8. The molecule has 12 nitrogen and oxygen atoms in total. The van der Waals surface area contributed by atoms with Crippen molar-refractivity contribution in [2.75, 3.05) is 71.9 Å². The van der Waals surface area contributed by atoms with Crippen molar-refractivity contribution in [3.05, 3.63) is 75.2 Å². The minimum atomic E-state index is -0.951. The number of rotatable bonds is 6. The third-order valence-corrected chi connectivity index (χ3v) is 14.2. The maximum Gasteiger partial charge on any atom is 0.490 e. The third-order valence-electron chi connectivity index (χ3n) is 13.7. The van der Waals surface area contributed by atoms with Gasteiger partial charge in [0.05, 0.1) is 33.6 Å². The van der Waals surface area contributed by atoms with Crippen LogP contribution in [0, 0.1) is 13.8 Å². The summed E-state index contributed by atoms with van der Waals surface area (Å²) in [5, 5.41) is 10.00. The smallest absolute Gasteiger partial charge is 0.435 e. The second-order valence-corrected chi connectivity index (χ2v) is 22.5. The highest BCUT2D eigenvalue weighted by Gasteiger charge is 2.53. The number of anilines is 2. The fraction of sp³-hybridized carbons (Fsp3) is 0.660. The zero-order valence-corrected chi connectivity index (χ0v) is 45.3. The van der Waals surface area contributed by atoms with Crippen LogP contribution in [-0.4, -0.2) is 141 Å². The Morgan fingerprint density at radius 2 is 1.12 bits per heavy atom. The number of carbonyl (C=O) groups excluding carboxylic acids is 1. The molecule has 5 heterocycles. The zero-order chi connectivity index (χ0) is 50.1. The van der Waals surface area contributed by atoms with Gasteiger partial charge in [0, 0.05) is 68.0 Å². The van der Waals surface area contributed by atoms with Crippen LogP contribution in [-0.2, 0) is 28.1 Å². The molecular formula is C50H84B3BrN5O7. The van der Waals surface area contributed by atoms with Gasteiger partial charge in [-0.1, -0.05) is 34.1 Å². The first-order valence-corrected chi connectivity index (χ1v) is 24.3. The Morgan fingerprint density at radius 1 is 0.667 bits per heavy atom. The molecule has 2 aromatic rings. The summed E-state index contributed by atoms with van der Waals surface area (Å²) in [7, 11) is 7.20. The molecule has 1 radical (unpaired) electrons. The van der Waals surface area contributed by atoms with Gasteiger partial charge in [-0.3, -0.25) is 4.79 Å². The summed E-state index contributed by atoms with van der Waals surface area (Å²) in [6.07, 6.45) is 8.24. The quantitative estimate of drug-likeness (QED) is 0.189. The highest BCUT2D eigenvalue weighted by atomic mass is 79.9. The first-order chi connectivity index (χ1) is 30.2. The number of aliphatic hydroxyl groups is 1. The van der Waals surface area contributed by atoms with Crippen LogP contribution >= 0.6 is 15.9 Å². The Labute approximate surface area is 409 Å². The Bertz CT molecular complexity index is 1860. The SMILES string of the molecule is CC(C)(O)C(C)(C)O[B]B1OC(C)(C)C(C)(C)O1.CN1CC=C(B2OC(C)(C)C(C)(C)O2)CC1.CN1CCC(=O)CC1.Cc1cc(N)cc(Br)c1.Cc1cc(N)cc(C2=CCN(C)CC2)c1. The number of likely N-dealkylation sites (tertiary alicyclic amines) is 1. The van der Waals surface area contributed by atoms with Crippen LogP contribution in [0.3, 0.4) is 0 Å². The molecular weight excluding hydrogens is 895 g/mol. The highest BCUT2D eigenvalue weighted by molar-refractivity contribution is 9.10. The highest BCUT2D eigenvalue weighted by Crippen LogP contribution is 2.40. The van der Waals surface area contributed by atoms with E-state index in [1.54, 1.807) is 13.8 Å². The maximum absolute atomic E-state index is 10.6. The predicted molar refractivity (Wildman–Crippen MR) is 280 cm³/mol. The fourth-order valence-electron chi connectivity index (χ4n) is 6.97. The summed E-state index contributed by atoms with van der Waals surface area (Å²) in [5.74, 6) is 0.420. The fourth-order valence-corrected chi connectivity index (χ4v) is 7.60. The lowest BCUT2D eigenvalue weighted by molar-refractivity contribution is -0.121. The van der Waals surface area contributed by atoms with Crippen molar-refractivity contribution < 1.29 is 33.2 Å². The molecule has 0 spiro atoms. The van der Waals surface area contributed by atoms with Crippen LogP contribution in [0.1, 0.15) is 125 Å². The van der Waals surface area contributed by atoms with E-state index < -0.39 is 18.2 Å². The van der Waals surface area contributed by atoms with Gasteiger partial charge in [0.25, 0.3) is 0 Å². The van der Waals surface area contributed by atoms with E-state index in [1.165, 1.54) is 35.1 Å². The van der Waals surface area contributed by atoms with Crippen molar-refractivity contribution in [2.24, 2.45) is 0 Å². The van der Waals surface area contributed by atoms with Gasteiger partial charge in [-0.05, 0) is 189 Å². The average Bonchev–Trinajstić information content (AvgIpc) is 3.54. The van der Waals surface area contributed by atoms with E-state index in [0.29, 0.717) is 5.78 Å². The molecule has 5 N–H and O–H groups in total. The van der Waals surface area contributed by atoms with Crippen LogP contribution in [0.15, 0.2) is 58.5 Å². The number of nitrogen functional groups attached to an aromatic ring is 2. The molecule has 16 heteroatoms. The van der Waals surface area contributed by atoms with Gasteiger partial charge in [0.1, 0.15) is 5.78 Å². The average molecular weight is 980 g/mol. The number of likely N-dealkylation sites (N-methyl/N-ethyl adjacent to an activating group) is 2. The number of hydrogen-bond donors (Lipinski definition) is 3. The largest absolute Gasteiger partial charge is 0.490 e. The number of hydrogen-bond acceptors (Lipinski definition) is 12. The standard InChI is InChI=1S/C13H18N2.C12H25B2O4.C12H22BNO2.C7H8BrN.C6H11NO/c1-10-7-12(9-13(14)8-10)11-3-5-15(2)6-4-11;1-9(2,15)10(3,4)16-13-14-17-11(5,6)12(7,8)18-14;1-11(2)12(3,4)16-13(15-11)10-6-8-14(5)9-7-10;1-5-2-6(8)4-7(9)3-5;1-7-4-2-6(8)3-5-7/h3,7-9H,4-6,14H2,1-2H3;15H,1-8H3;6H,7-9H2,1-5H3;2-4H,9H2,1H3;2-5H2,1H3. The number of halogens is 1. The van der Waals surface area contributed by atoms with E-state index in [1.807, 2.05) is 79.8 Å². The molecule has 5 aliphatic heterocycles. The Hall–Kier alpha value is -2.50. The van der Waals surface area contributed by atoms with Crippen LogP contribution < -0.4 is 11.5 Å². The molecule has 2 aromatic carbocycles. The molecule has 0 aliphatic carbocycles. The number of aryl methyl sites for hydroxylation is 2. The number of piperidine rings is 1. The van der Waals surface area contributed by atoms with Crippen molar-refractivity contribution in [1.82, 2.24) is 14.7 Å². The minimum Gasteiger partial charge on any atom is -0.435 e. The van der Waals surface area contributed by atoms with E-state index in [2.05, 4.69) is 104 Å². The maximum atomic E-state index is 10.6. The topological polar surface area (TPSA) is 145 Å². The second-order valence-electron chi connectivity index (χ2n) is 21.6. The molecule has 0 amide bonds.